The van der Waals surface area contributed by atoms with Gasteiger partial charge in [-0.25, -0.2) is 4.79 Å². The van der Waals surface area contributed by atoms with Gasteiger partial charge < -0.3 is 14.5 Å². The fourth-order valence-electron chi connectivity index (χ4n) is 5.89. The number of carbonyl (C=O) groups is 5. The third-order valence-corrected chi connectivity index (χ3v) is 8.09. The number of nitrogens with one attached hydrogen (secondary N) is 1. The van der Waals surface area contributed by atoms with Gasteiger partial charge in [0.05, 0.1) is 11.1 Å². The molecule has 1 unspecified atom stereocenters. The highest BCUT2D eigenvalue weighted by atomic mass is 16.6. The number of rotatable bonds is 2. The quantitative estimate of drug-likeness (QED) is 0.608. The van der Waals surface area contributed by atoms with Crippen LogP contribution in [0.25, 0.3) is 0 Å². The van der Waals surface area contributed by atoms with E-state index in [2.05, 4.69) is 10.2 Å². The van der Waals surface area contributed by atoms with Gasteiger partial charge in [0.15, 0.2) is 0 Å². The van der Waals surface area contributed by atoms with Crippen LogP contribution in [0.1, 0.15) is 80.0 Å². The first-order valence-electron chi connectivity index (χ1n) is 13.0. The third kappa shape index (κ3) is 4.81. The molecule has 0 aliphatic carbocycles. The average Bonchev–Trinajstić information content (AvgIpc) is 3.08. The van der Waals surface area contributed by atoms with Gasteiger partial charge in [-0.3, -0.25) is 29.4 Å². The van der Waals surface area contributed by atoms with Crippen molar-refractivity contribution in [1.82, 2.24) is 15.1 Å². The Morgan fingerprint density at radius 2 is 1.57 bits per heavy atom. The maximum Gasteiger partial charge on any atom is 0.410 e. The lowest BCUT2D eigenvalue weighted by Crippen LogP contribution is -2.54. The number of ether oxygens (including phenoxy) is 1. The van der Waals surface area contributed by atoms with E-state index in [1.165, 1.54) is 0 Å². The fraction of sp³-hybridized carbons (Fsp3) is 0.593. The minimum Gasteiger partial charge on any atom is -0.444 e. The van der Waals surface area contributed by atoms with Crippen LogP contribution in [0.15, 0.2) is 18.2 Å². The first kappa shape index (κ1) is 25.2. The summed E-state index contributed by atoms with van der Waals surface area (Å²) in [4.78, 5) is 67.4. The number of benzene rings is 1. The van der Waals surface area contributed by atoms with Crippen molar-refractivity contribution in [2.45, 2.75) is 70.9 Å². The molecule has 5 rings (SSSR count). The number of hydrogen-bond donors (Lipinski definition) is 1. The van der Waals surface area contributed by atoms with Crippen molar-refractivity contribution in [2.24, 2.45) is 5.41 Å². The lowest BCUT2D eigenvalue weighted by molar-refractivity contribution is -0.136. The van der Waals surface area contributed by atoms with Gasteiger partial charge in [-0.2, -0.15) is 0 Å². The van der Waals surface area contributed by atoms with Crippen molar-refractivity contribution >= 4 is 35.4 Å². The minimum atomic E-state index is -0.963. The van der Waals surface area contributed by atoms with E-state index in [9.17, 15) is 24.0 Å². The second-order valence-corrected chi connectivity index (χ2v) is 11.6. The Bertz CT molecular complexity index is 1150. The number of anilines is 1. The summed E-state index contributed by atoms with van der Waals surface area (Å²) in [5, 5.41) is 2.22. The Balaban J connectivity index is 1.22. The standard InChI is InChI=1S/C27H34N4O6/c1-26(2,3)37-25(36)30-14-10-27(11-15-30)8-12-29(13-9-27)17-4-5-18-19(16-17)24(35)31(23(18)34)20-6-7-21(32)28-22(20)33/h4-5,16,20H,6-15H2,1-3H3,(H,28,32,33). The molecule has 0 bridgehead atoms. The summed E-state index contributed by atoms with van der Waals surface area (Å²) < 4.78 is 5.52. The first-order valence-corrected chi connectivity index (χ1v) is 13.0. The summed E-state index contributed by atoms with van der Waals surface area (Å²) in [6.45, 7) is 8.66. The molecular formula is C27H34N4O6. The van der Waals surface area contributed by atoms with E-state index in [4.69, 9.17) is 4.74 Å². The monoisotopic (exact) mass is 510 g/mol. The predicted molar refractivity (Wildman–Crippen MR) is 134 cm³/mol. The molecule has 3 fully saturated rings. The van der Waals surface area contributed by atoms with E-state index in [1.807, 2.05) is 26.8 Å². The van der Waals surface area contributed by atoms with Gasteiger partial charge in [0.1, 0.15) is 11.6 Å². The summed E-state index contributed by atoms with van der Waals surface area (Å²) in [5.41, 5.74) is 1.17. The van der Waals surface area contributed by atoms with E-state index in [1.54, 1.807) is 17.0 Å². The van der Waals surface area contributed by atoms with Crippen LogP contribution in [0.3, 0.4) is 0 Å². The van der Waals surface area contributed by atoms with Gasteiger partial charge in [-0.05, 0) is 76.5 Å². The van der Waals surface area contributed by atoms with Crippen LogP contribution in [0.4, 0.5) is 10.5 Å². The van der Waals surface area contributed by atoms with Crippen LogP contribution in [0.5, 0.6) is 0 Å². The van der Waals surface area contributed by atoms with Crippen molar-refractivity contribution < 1.29 is 28.7 Å². The summed E-state index contributed by atoms with van der Waals surface area (Å²) in [7, 11) is 0. The van der Waals surface area contributed by atoms with E-state index < -0.39 is 35.3 Å². The van der Waals surface area contributed by atoms with Crippen LogP contribution in [0.2, 0.25) is 0 Å². The smallest absolute Gasteiger partial charge is 0.410 e. The number of nitrogens with zero attached hydrogens (tertiary/aromatic N) is 3. The molecule has 0 aromatic heterocycles. The average molecular weight is 511 g/mol. The number of likely N-dealkylation sites (tertiary alicyclic amines) is 1. The molecule has 0 saturated carbocycles. The van der Waals surface area contributed by atoms with Crippen molar-refractivity contribution in [3.63, 3.8) is 0 Å². The van der Waals surface area contributed by atoms with Gasteiger partial charge >= 0.3 is 6.09 Å². The van der Waals surface area contributed by atoms with Crippen LogP contribution in [0, 0.1) is 5.41 Å². The molecule has 1 N–H and O–H groups in total. The molecular weight excluding hydrogens is 476 g/mol. The molecule has 1 aromatic carbocycles. The van der Waals surface area contributed by atoms with Gasteiger partial charge in [0, 0.05) is 38.3 Å². The molecule has 3 saturated heterocycles. The number of imide groups is 2. The Kier molecular flexibility index (Phi) is 6.24. The van der Waals surface area contributed by atoms with Crippen LogP contribution < -0.4 is 10.2 Å². The third-order valence-electron chi connectivity index (χ3n) is 8.09. The maximum absolute atomic E-state index is 13.2. The summed E-state index contributed by atoms with van der Waals surface area (Å²) in [5.74, 6) is -1.97. The zero-order chi connectivity index (χ0) is 26.5. The molecule has 4 aliphatic heterocycles. The molecule has 0 radical (unpaired) electrons. The number of piperidine rings is 3. The van der Waals surface area contributed by atoms with Crippen molar-refractivity contribution in [3.05, 3.63) is 29.3 Å². The zero-order valence-corrected chi connectivity index (χ0v) is 21.7. The normalized spacial score (nSPS) is 23.9. The highest BCUT2D eigenvalue weighted by Crippen LogP contribution is 2.43. The molecule has 10 nitrogen and oxygen atoms in total. The fourth-order valence-corrected chi connectivity index (χ4v) is 5.89. The van der Waals surface area contributed by atoms with Crippen LogP contribution >= 0.6 is 0 Å². The molecule has 198 valence electrons. The summed E-state index contributed by atoms with van der Waals surface area (Å²) >= 11 is 0. The molecule has 10 heteroatoms. The number of amides is 5. The molecule has 1 atom stereocenters. The van der Waals surface area contributed by atoms with Gasteiger partial charge in [-0.15, -0.1) is 0 Å². The first-order chi connectivity index (χ1) is 17.5. The molecule has 4 aliphatic rings. The Morgan fingerprint density at radius 3 is 2.19 bits per heavy atom. The van der Waals surface area contributed by atoms with E-state index in [0.717, 1.165) is 49.4 Å². The van der Waals surface area contributed by atoms with Gasteiger partial charge in [0.2, 0.25) is 11.8 Å². The summed E-state index contributed by atoms with van der Waals surface area (Å²) in [6.07, 6.45) is 3.85. The lowest BCUT2D eigenvalue weighted by atomic mass is 9.71. The topological polar surface area (TPSA) is 116 Å². The van der Waals surface area contributed by atoms with Gasteiger partial charge in [0.25, 0.3) is 11.8 Å². The predicted octanol–water partition coefficient (Wildman–Crippen LogP) is 2.71. The second kappa shape index (κ2) is 9.15. The van der Waals surface area contributed by atoms with Crippen molar-refractivity contribution in [1.29, 1.82) is 0 Å². The molecule has 1 spiro atoms. The SMILES string of the molecule is CC(C)(C)OC(=O)N1CCC2(CC1)CCN(c1ccc3c(c1)C(=O)N(C1CCC(=O)NC1=O)C3=O)CC2. The number of hydrogen-bond acceptors (Lipinski definition) is 7. The molecule has 1 aromatic rings. The number of carbonyl (C=O) groups excluding carboxylic acids is 5. The zero-order valence-electron chi connectivity index (χ0n) is 21.7. The Labute approximate surface area is 216 Å². The minimum absolute atomic E-state index is 0.0973. The second-order valence-electron chi connectivity index (χ2n) is 11.6. The Morgan fingerprint density at radius 1 is 0.946 bits per heavy atom. The van der Waals surface area contributed by atoms with Crippen LogP contribution in [-0.4, -0.2) is 77.3 Å². The van der Waals surface area contributed by atoms with Gasteiger partial charge in [-0.1, -0.05) is 0 Å². The highest BCUT2D eigenvalue weighted by Gasteiger charge is 2.45. The van der Waals surface area contributed by atoms with E-state index >= 15 is 0 Å². The lowest BCUT2D eigenvalue weighted by Gasteiger charge is -2.47. The molecule has 4 heterocycles. The molecule has 5 amide bonds. The highest BCUT2D eigenvalue weighted by molar-refractivity contribution is 6.23. The van der Waals surface area contributed by atoms with E-state index in [0.29, 0.717) is 24.2 Å². The van der Waals surface area contributed by atoms with E-state index in [-0.39, 0.29) is 24.3 Å². The summed E-state index contributed by atoms with van der Waals surface area (Å²) in [6, 6.07) is 4.32. The van der Waals surface area contributed by atoms with Crippen molar-refractivity contribution in [3.8, 4) is 0 Å². The van der Waals surface area contributed by atoms with Crippen molar-refractivity contribution in [2.75, 3.05) is 31.1 Å². The number of fused-ring (bicyclic) bond motifs is 1. The maximum atomic E-state index is 13.2. The Hall–Kier alpha value is -3.43. The molecule has 37 heavy (non-hydrogen) atoms. The largest absolute Gasteiger partial charge is 0.444 e. The van der Waals surface area contributed by atoms with Crippen LogP contribution in [-0.2, 0) is 14.3 Å².